The molecule has 192 valence electrons. The maximum Gasteiger partial charge on any atom is 0.312 e. The number of esters is 2. The third-order valence-electron chi connectivity index (χ3n) is 8.84. The van der Waals surface area contributed by atoms with E-state index in [0.29, 0.717) is 43.4 Å². The van der Waals surface area contributed by atoms with E-state index in [0.717, 1.165) is 19.3 Å². The Labute approximate surface area is 207 Å². The molecular formula is C29H47NO4. The molecule has 5 nitrogen and oxygen atoms in total. The van der Waals surface area contributed by atoms with Crippen LogP contribution < -0.4 is 0 Å². The number of carbonyl (C=O) groups excluding carboxylic acids is 2. The normalized spacial score (nSPS) is 31.8. The predicted octanol–water partition coefficient (Wildman–Crippen LogP) is 6.98. The summed E-state index contributed by atoms with van der Waals surface area (Å²) in [6.07, 6.45) is 8.91. The Morgan fingerprint density at radius 3 is 1.76 bits per heavy atom. The first-order valence-corrected chi connectivity index (χ1v) is 13.4. The largest absolute Gasteiger partial charge is 0.460 e. The Morgan fingerprint density at radius 2 is 1.35 bits per heavy atom. The van der Waals surface area contributed by atoms with Crippen LogP contribution in [0.3, 0.4) is 0 Å². The molecule has 5 heteroatoms. The zero-order chi connectivity index (χ0) is 25.6. The highest BCUT2D eigenvalue weighted by Crippen LogP contribution is 2.58. The molecule has 2 unspecified atom stereocenters. The van der Waals surface area contributed by atoms with Gasteiger partial charge in [-0.15, -0.1) is 0 Å². The Kier molecular flexibility index (Phi) is 7.26. The van der Waals surface area contributed by atoms with Crippen molar-refractivity contribution in [1.82, 2.24) is 0 Å². The highest BCUT2D eigenvalue weighted by Gasteiger charge is 2.55. The van der Waals surface area contributed by atoms with Crippen molar-refractivity contribution in [2.75, 3.05) is 0 Å². The van der Waals surface area contributed by atoms with E-state index in [9.17, 15) is 14.9 Å². The van der Waals surface area contributed by atoms with Gasteiger partial charge >= 0.3 is 11.9 Å². The van der Waals surface area contributed by atoms with Gasteiger partial charge in [-0.3, -0.25) is 9.59 Å². The van der Waals surface area contributed by atoms with E-state index in [2.05, 4.69) is 6.07 Å². The molecule has 4 fully saturated rings. The first-order valence-electron chi connectivity index (χ1n) is 13.4. The maximum absolute atomic E-state index is 13.8. The molecule has 0 amide bonds. The maximum atomic E-state index is 13.8. The number of nitrogens with zero attached hydrogens (tertiary/aromatic N) is 1. The van der Waals surface area contributed by atoms with E-state index in [-0.39, 0.29) is 17.5 Å². The smallest absolute Gasteiger partial charge is 0.312 e. The third kappa shape index (κ3) is 5.97. The lowest BCUT2D eigenvalue weighted by Crippen LogP contribution is -2.54. The van der Waals surface area contributed by atoms with E-state index >= 15 is 0 Å². The van der Waals surface area contributed by atoms with Crippen LogP contribution in [0.5, 0.6) is 0 Å². The number of hydrogen-bond acceptors (Lipinski definition) is 5. The molecule has 0 heterocycles. The SMILES string of the molecule is CCC(C)(CC(C)(CCC(C)(C)C#N)C(=O)OC(C)(C)C)C(=O)OC12CC3CC(CC(C3)C1)C2. The van der Waals surface area contributed by atoms with Gasteiger partial charge in [0.05, 0.1) is 22.3 Å². The summed E-state index contributed by atoms with van der Waals surface area (Å²) in [5.74, 6) is 1.65. The van der Waals surface area contributed by atoms with Crippen LogP contribution in [0, 0.1) is 45.3 Å². The summed E-state index contributed by atoms with van der Waals surface area (Å²) >= 11 is 0. The van der Waals surface area contributed by atoms with Crippen molar-refractivity contribution < 1.29 is 19.1 Å². The molecule has 0 aromatic rings. The zero-order valence-corrected chi connectivity index (χ0v) is 22.9. The lowest BCUT2D eigenvalue weighted by Gasteiger charge is -2.56. The molecule has 0 radical (unpaired) electrons. The van der Waals surface area contributed by atoms with E-state index in [4.69, 9.17) is 9.47 Å². The van der Waals surface area contributed by atoms with Gasteiger partial charge in [-0.2, -0.15) is 5.26 Å². The summed E-state index contributed by atoms with van der Waals surface area (Å²) in [5, 5.41) is 9.53. The molecule has 0 N–H and O–H groups in total. The first-order chi connectivity index (χ1) is 15.5. The Balaban J connectivity index is 1.81. The molecular weight excluding hydrogens is 426 g/mol. The highest BCUT2D eigenvalue weighted by atomic mass is 16.6. The zero-order valence-electron chi connectivity index (χ0n) is 22.9. The molecule has 4 bridgehead atoms. The minimum absolute atomic E-state index is 0.161. The van der Waals surface area contributed by atoms with Crippen molar-refractivity contribution in [3.05, 3.63) is 0 Å². The average molecular weight is 474 g/mol. The van der Waals surface area contributed by atoms with Crippen LogP contribution >= 0.6 is 0 Å². The van der Waals surface area contributed by atoms with Gasteiger partial charge in [-0.05, 0) is 130 Å². The second-order valence-electron chi connectivity index (χ2n) is 14.1. The number of nitriles is 1. The minimum atomic E-state index is -0.882. The number of rotatable bonds is 9. The summed E-state index contributed by atoms with van der Waals surface area (Å²) in [7, 11) is 0. The minimum Gasteiger partial charge on any atom is -0.460 e. The molecule has 34 heavy (non-hydrogen) atoms. The van der Waals surface area contributed by atoms with Crippen molar-refractivity contribution in [3.8, 4) is 6.07 Å². The molecule has 4 aliphatic rings. The van der Waals surface area contributed by atoms with Crippen molar-refractivity contribution in [1.29, 1.82) is 5.26 Å². The van der Waals surface area contributed by atoms with Crippen LogP contribution in [0.25, 0.3) is 0 Å². The van der Waals surface area contributed by atoms with Crippen LogP contribution in [0.1, 0.15) is 120 Å². The van der Waals surface area contributed by atoms with Crippen molar-refractivity contribution >= 4 is 11.9 Å². The number of ether oxygens (including phenoxy) is 2. The fourth-order valence-electron chi connectivity index (χ4n) is 6.99. The third-order valence-corrected chi connectivity index (χ3v) is 8.84. The van der Waals surface area contributed by atoms with Gasteiger partial charge in [0.1, 0.15) is 11.2 Å². The van der Waals surface area contributed by atoms with Crippen molar-refractivity contribution in [2.45, 2.75) is 131 Å². The molecule has 0 spiro atoms. The van der Waals surface area contributed by atoms with Crippen LogP contribution in [-0.4, -0.2) is 23.1 Å². The first kappa shape index (κ1) is 27.0. The van der Waals surface area contributed by atoms with E-state index < -0.39 is 21.8 Å². The Bertz CT molecular complexity index is 797. The lowest BCUT2D eigenvalue weighted by molar-refractivity contribution is -0.199. The quantitative estimate of drug-likeness (QED) is 0.338. The molecule has 0 aromatic carbocycles. The molecule has 0 aromatic heterocycles. The molecule has 0 saturated heterocycles. The molecule has 2 atom stereocenters. The molecule has 0 aliphatic heterocycles. The fraction of sp³-hybridized carbons (Fsp3) is 0.897. The summed E-state index contributed by atoms with van der Waals surface area (Å²) in [6, 6.07) is 2.34. The van der Waals surface area contributed by atoms with Gasteiger partial charge < -0.3 is 9.47 Å². The number of hydrogen-bond donors (Lipinski definition) is 0. The Morgan fingerprint density at radius 1 is 0.853 bits per heavy atom. The number of carbonyl (C=O) groups is 2. The van der Waals surface area contributed by atoms with E-state index in [1.54, 1.807) is 0 Å². The standard InChI is InChI=1S/C29H47NO4/c1-9-27(7,23(31)34-29-15-20-12-21(16-29)14-22(13-20)17-29)18-28(8,11-10-26(5,6)19-30)24(32)33-25(2,3)4/h20-22H,9-18H2,1-8H3. The second kappa shape index (κ2) is 9.14. The molecule has 4 aliphatic carbocycles. The monoisotopic (exact) mass is 473 g/mol. The fourth-order valence-corrected chi connectivity index (χ4v) is 6.99. The summed E-state index contributed by atoms with van der Waals surface area (Å²) in [5.41, 5.74) is -3.14. The van der Waals surface area contributed by atoms with Crippen LogP contribution in [-0.2, 0) is 19.1 Å². The molecule has 4 rings (SSSR count). The van der Waals surface area contributed by atoms with E-state index in [1.165, 1.54) is 19.3 Å². The Hall–Kier alpha value is -1.57. The predicted molar refractivity (Wildman–Crippen MR) is 133 cm³/mol. The summed E-state index contributed by atoms with van der Waals surface area (Å²) in [4.78, 5) is 27.3. The van der Waals surface area contributed by atoms with Gasteiger partial charge in [-0.1, -0.05) is 6.92 Å². The second-order valence-corrected chi connectivity index (χ2v) is 14.1. The average Bonchev–Trinajstić information content (AvgIpc) is 2.69. The summed E-state index contributed by atoms with van der Waals surface area (Å²) in [6.45, 7) is 15.2. The summed E-state index contributed by atoms with van der Waals surface area (Å²) < 4.78 is 12.3. The van der Waals surface area contributed by atoms with Crippen LogP contribution in [0.2, 0.25) is 0 Å². The van der Waals surface area contributed by atoms with Crippen molar-refractivity contribution in [2.24, 2.45) is 34.0 Å². The topological polar surface area (TPSA) is 76.4 Å². The van der Waals surface area contributed by atoms with Gasteiger partial charge in [0.15, 0.2) is 0 Å². The van der Waals surface area contributed by atoms with Gasteiger partial charge in [0.2, 0.25) is 0 Å². The van der Waals surface area contributed by atoms with Gasteiger partial charge in [0.25, 0.3) is 0 Å². The van der Waals surface area contributed by atoms with E-state index in [1.807, 2.05) is 55.4 Å². The van der Waals surface area contributed by atoms with Crippen LogP contribution in [0.4, 0.5) is 0 Å². The van der Waals surface area contributed by atoms with Crippen LogP contribution in [0.15, 0.2) is 0 Å². The van der Waals surface area contributed by atoms with Gasteiger partial charge in [0, 0.05) is 0 Å². The highest BCUT2D eigenvalue weighted by molar-refractivity contribution is 5.81. The lowest BCUT2D eigenvalue weighted by atomic mass is 9.54. The molecule has 4 saturated carbocycles. The van der Waals surface area contributed by atoms with Gasteiger partial charge in [-0.25, -0.2) is 0 Å². The van der Waals surface area contributed by atoms with Crippen molar-refractivity contribution in [3.63, 3.8) is 0 Å².